The molecule has 0 atom stereocenters. The van der Waals surface area contributed by atoms with Gasteiger partial charge in [-0.25, -0.2) is 23.1 Å². The predicted octanol–water partition coefficient (Wildman–Crippen LogP) is 2.15. The Balaban J connectivity index is 0. The van der Waals surface area contributed by atoms with E-state index >= 15 is 0 Å². The van der Waals surface area contributed by atoms with Gasteiger partial charge in [-0.05, 0) is 19.3 Å². The van der Waals surface area contributed by atoms with Gasteiger partial charge in [0.05, 0.1) is 17.8 Å². The molecule has 202 valence electrons. The Kier molecular flexibility index (Phi) is 19.6. The maximum Gasteiger partial charge on any atom is 0.264 e. The van der Waals surface area contributed by atoms with E-state index in [1.165, 1.54) is 23.5 Å². The van der Waals surface area contributed by atoms with Crippen LogP contribution in [-0.2, 0) is 36.7 Å². The third kappa shape index (κ3) is 23.2. The average Bonchev–Trinajstić information content (AvgIpc) is 2.73. The van der Waals surface area contributed by atoms with Gasteiger partial charge in [0.1, 0.15) is 5.82 Å². The van der Waals surface area contributed by atoms with Crippen LogP contribution in [-0.4, -0.2) is 85.1 Å². The quantitative estimate of drug-likeness (QED) is 0.154. The molecule has 0 aromatic carbocycles. The Hall–Kier alpha value is -0.560. The van der Waals surface area contributed by atoms with E-state index in [2.05, 4.69) is 19.7 Å². The Morgan fingerprint density at radius 2 is 1.15 bits per heavy atom. The van der Waals surface area contributed by atoms with E-state index in [1.807, 2.05) is 27.7 Å². The highest BCUT2D eigenvalue weighted by atomic mass is 32.2. The lowest BCUT2D eigenvalue weighted by molar-refractivity contribution is 0.480. The summed E-state index contributed by atoms with van der Waals surface area (Å²) in [5, 5.41) is 0.673. The van der Waals surface area contributed by atoms with Crippen molar-refractivity contribution in [1.82, 2.24) is 19.7 Å². The summed E-state index contributed by atoms with van der Waals surface area (Å²) in [4.78, 5) is 12.8. The zero-order valence-corrected chi connectivity index (χ0v) is 24.2. The molecular formula is C17H36N4O8S5. The number of hydrogen-bond acceptors (Lipinski definition) is 11. The summed E-state index contributed by atoms with van der Waals surface area (Å²) in [6.45, 7) is 8.21. The molecule has 0 amide bonds. The van der Waals surface area contributed by atoms with Gasteiger partial charge in [-0.15, -0.1) is 0 Å². The molecule has 0 unspecified atom stereocenters. The Morgan fingerprint density at radius 3 is 1.50 bits per heavy atom. The van der Waals surface area contributed by atoms with Gasteiger partial charge in [0.15, 0.2) is 10.3 Å². The molecule has 1 aromatic rings. The molecule has 1 heterocycles. The van der Waals surface area contributed by atoms with Crippen LogP contribution in [0, 0.1) is 0 Å². The number of sulfonamides is 1. The maximum atomic E-state index is 11.1. The molecule has 0 saturated carbocycles. The molecule has 0 spiro atoms. The first-order valence-corrected chi connectivity index (χ1v) is 17.7. The minimum Gasteiger partial charge on any atom is -0.286 e. The molecular weight excluding hydrogens is 549 g/mol. The Morgan fingerprint density at radius 1 is 0.735 bits per heavy atom. The lowest BCUT2D eigenvalue weighted by atomic mass is 10.3. The predicted molar refractivity (Wildman–Crippen MR) is 137 cm³/mol. The molecule has 17 heteroatoms. The van der Waals surface area contributed by atoms with E-state index in [1.54, 1.807) is 0 Å². The van der Waals surface area contributed by atoms with Gasteiger partial charge in [0.25, 0.3) is 20.2 Å². The summed E-state index contributed by atoms with van der Waals surface area (Å²) in [6.07, 6.45) is 2.25. The Labute approximate surface area is 212 Å². The first-order chi connectivity index (χ1) is 15.7. The molecule has 3 N–H and O–H groups in total. The fourth-order valence-electron chi connectivity index (χ4n) is 1.93. The van der Waals surface area contributed by atoms with Crippen molar-refractivity contribution < 1.29 is 34.4 Å². The number of thioether (sulfide) groups is 2. The van der Waals surface area contributed by atoms with Crippen LogP contribution in [0.15, 0.2) is 10.3 Å². The summed E-state index contributed by atoms with van der Waals surface area (Å²) in [6, 6.07) is 0. The lowest BCUT2D eigenvalue weighted by Gasteiger charge is -2.07. The number of nitrogens with zero attached hydrogens (tertiary/aromatic N) is 3. The van der Waals surface area contributed by atoms with Gasteiger partial charge in [0.2, 0.25) is 10.0 Å². The SMILES string of the molecule is CC.CC.CS(=O)(=O)NCCCc1nc(SCCCS(=O)(=O)O)nc(SCCCS(=O)(=O)O)n1. The second-order valence-corrected chi connectivity index (χ2v) is 13.2. The maximum absolute atomic E-state index is 11.1. The van der Waals surface area contributed by atoms with Crippen LogP contribution in [0.25, 0.3) is 0 Å². The fourth-order valence-corrected chi connectivity index (χ4v) is 5.47. The average molecular weight is 585 g/mol. The van der Waals surface area contributed by atoms with E-state index < -0.39 is 30.3 Å². The van der Waals surface area contributed by atoms with Crippen molar-refractivity contribution in [3.63, 3.8) is 0 Å². The van der Waals surface area contributed by atoms with Crippen molar-refractivity contribution in [2.45, 2.75) is 63.7 Å². The van der Waals surface area contributed by atoms with Crippen LogP contribution in [0.3, 0.4) is 0 Å². The van der Waals surface area contributed by atoms with Gasteiger partial charge in [-0.1, -0.05) is 51.2 Å². The second-order valence-electron chi connectivity index (χ2n) is 6.06. The van der Waals surface area contributed by atoms with Crippen LogP contribution >= 0.6 is 23.5 Å². The van der Waals surface area contributed by atoms with Crippen LogP contribution < -0.4 is 4.72 Å². The summed E-state index contributed by atoms with van der Waals surface area (Å²) in [5.41, 5.74) is 0. The highest BCUT2D eigenvalue weighted by Crippen LogP contribution is 2.20. The number of hydrogen-bond donors (Lipinski definition) is 3. The molecule has 0 aliphatic rings. The first kappa shape index (κ1) is 35.6. The van der Waals surface area contributed by atoms with Gasteiger partial charge < -0.3 is 0 Å². The van der Waals surface area contributed by atoms with Gasteiger partial charge >= 0.3 is 0 Å². The highest BCUT2D eigenvalue weighted by molar-refractivity contribution is 7.99. The molecule has 12 nitrogen and oxygen atoms in total. The van der Waals surface area contributed by atoms with Crippen LogP contribution in [0.1, 0.15) is 52.8 Å². The zero-order valence-electron chi connectivity index (χ0n) is 20.1. The van der Waals surface area contributed by atoms with Crippen molar-refractivity contribution in [2.24, 2.45) is 0 Å². The second kappa shape index (κ2) is 18.7. The normalized spacial score (nSPS) is 11.7. The number of aryl methyl sites for hydroxylation is 1. The number of aromatic nitrogens is 3. The number of nitrogens with one attached hydrogen (secondary N) is 1. The summed E-state index contributed by atoms with van der Waals surface area (Å²) < 4.78 is 85.2. The van der Waals surface area contributed by atoms with E-state index in [0.29, 0.717) is 40.5 Å². The summed E-state index contributed by atoms with van der Waals surface area (Å²) in [7, 11) is -11.4. The van der Waals surface area contributed by atoms with Crippen LogP contribution in [0.5, 0.6) is 0 Å². The van der Waals surface area contributed by atoms with E-state index in [9.17, 15) is 25.3 Å². The minimum atomic E-state index is -4.05. The zero-order chi connectivity index (χ0) is 26.8. The molecule has 0 bridgehead atoms. The molecule has 0 aliphatic carbocycles. The van der Waals surface area contributed by atoms with Crippen LogP contribution in [0.2, 0.25) is 0 Å². The lowest BCUT2D eigenvalue weighted by Crippen LogP contribution is -2.23. The third-order valence-electron chi connectivity index (χ3n) is 3.14. The van der Waals surface area contributed by atoms with E-state index in [0.717, 1.165) is 6.26 Å². The van der Waals surface area contributed by atoms with Gasteiger partial charge in [-0.3, -0.25) is 9.11 Å². The van der Waals surface area contributed by atoms with E-state index in [-0.39, 0.29) is 30.9 Å². The first-order valence-electron chi connectivity index (χ1n) is 10.6. The molecule has 34 heavy (non-hydrogen) atoms. The molecule has 0 fully saturated rings. The fraction of sp³-hybridized carbons (Fsp3) is 0.824. The smallest absolute Gasteiger partial charge is 0.264 e. The minimum absolute atomic E-state index is 0.194. The molecule has 0 aliphatic heterocycles. The van der Waals surface area contributed by atoms with Crippen LogP contribution in [0.4, 0.5) is 0 Å². The third-order valence-corrected chi connectivity index (χ3v) is 7.34. The largest absolute Gasteiger partial charge is 0.286 e. The molecule has 0 saturated heterocycles. The van der Waals surface area contributed by atoms with Gasteiger partial charge in [0, 0.05) is 24.5 Å². The molecule has 0 radical (unpaired) electrons. The summed E-state index contributed by atoms with van der Waals surface area (Å²) >= 11 is 2.36. The van der Waals surface area contributed by atoms with Gasteiger partial charge in [-0.2, -0.15) is 21.8 Å². The standard InChI is InChI=1S/C13H24N4O8S5.2C2H6/c1-28(18,19)14-6-2-5-11-15-12(26-7-3-9-29(20,21)22)17-13(16-11)27-8-4-10-30(23,24)25;2*1-2/h14H,2-10H2,1H3,(H,20,21,22)(H,23,24,25);2*1-2H3. The van der Waals surface area contributed by atoms with Crippen molar-refractivity contribution >= 4 is 53.8 Å². The molecule has 1 rings (SSSR count). The van der Waals surface area contributed by atoms with Crippen molar-refractivity contribution in [1.29, 1.82) is 0 Å². The molecule has 1 aromatic heterocycles. The van der Waals surface area contributed by atoms with Crippen molar-refractivity contribution in [3.05, 3.63) is 5.82 Å². The highest BCUT2D eigenvalue weighted by Gasteiger charge is 2.11. The van der Waals surface area contributed by atoms with E-state index in [4.69, 9.17) is 9.11 Å². The number of rotatable bonds is 15. The van der Waals surface area contributed by atoms with Crippen molar-refractivity contribution in [2.75, 3.05) is 35.8 Å². The summed E-state index contributed by atoms with van der Waals surface area (Å²) in [5.74, 6) is 0.325. The Bertz CT molecular complexity index is 862. The van der Waals surface area contributed by atoms with Crippen molar-refractivity contribution in [3.8, 4) is 0 Å². The topological polar surface area (TPSA) is 194 Å². The monoisotopic (exact) mass is 584 g/mol.